The average molecular weight is 315 g/mol. The van der Waals surface area contributed by atoms with Gasteiger partial charge < -0.3 is 14.0 Å². The van der Waals surface area contributed by atoms with Crippen molar-refractivity contribution in [3.8, 4) is 0 Å². The Morgan fingerprint density at radius 2 is 2.04 bits per heavy atom. The maximum Gasteiger partial charge on any atom is 0.266 e. The van der Waals surface area contributed by atoms with Crippen molar-refractivity contribution < 1.29 is 4.52 Å². The molecule has 0 saturated carbocycles. The van der Waals surface area contributed by atoms with Crippen LogP contribution in [0.5, 0.6) is 0 Å². The highest BCUT2D eigenvalue weighted by atomic mass is 16.5. The summed E-state index contributed by atoms with van der Waals surface area (Å²) in [6.07, 6.45) is 8.03. The standard InChI is InChI=1S/C17H25N5O/c1-17(2,3)15-19-16(20-23-15)21-9-8-12(10-21)22-11-18-13-6-4-5-7-14(13)22/h11-12H,4-10H2,1-3H3. The molecule has 0 bridgehead atoms. The van der Waals surface area contributed by atoms with Crippen LogP contribution < -0.4 is 4.90 Å². The summed E-state index contributed by atoms with van der Waals surface area (Å²) in [6.45, 7) is 8.19. The van der Waals surface area contributed by atoms with Crippen LogP contribution in [0.25, 0.3) is 0 Å². The second kappa shape index (κ2) is 5.35. The van der Waals surface area contributed by atoms with Crippen molar-refractivity contribution in [3.05, 3.63) is 23.6 Å². The second-order valence-corrected chi connectivity index (χ2v) is 7.79. The van der Waals surface area contributed by atoms with E-state index in [4.69, 9.17) is 4.52 Å². The summed E-state index contributed by atoms with van der Waals surface area (Å²) in [5.41, 5.74) is 2.66. The van der Waals surface area contributed by atoms with Crippen molar-refractivity contribution in [2.24, 2.45) is 0 Å². The molecule has 1 fully saturated rings. The molecule has 1 aliphatic carbocycles. The highest BCUT2D eigenvalue weighted by Gasteiger charge is 2.31. The molecule has 6 nitrogen and oxygen atoms in total. The molecule has 2 aliphatic rings. The third-order valence-corrected chi connectivity index (χ3v) is 4.96. The van der Waals surface area contributed by atoms with Crippen LogP contribution in [-0.4, -0.2) is 32.8 Å². The van der Waals surface area contributed by atoms with Crippen LogP contribution in [0.1, 0.15) is 63.4 Å². The van der Waals surface area contributed by atoms with E-state index >= 15 is 0 Å². The van der Waals surface area contributed by atoms with Gasteiger partial charge in [0.1, 0.15) is 0 Å². The molecule has 1 atom stereocenters. The number of aryl methyl sites for hydroxylation is 1. The zero-order valence-electron chi connectivity index (χ0n) is 14.2. The monoisotopic (exact) mass is 315 g/mol. The Morgan fingerprint density at radius 3 is 2.83 bits per heavy atom. The van der Waals surface area contributed by atoms with Gasteiger partial charge in [0, 0.05) is 24.2 Å². The normalized spacial score (nSPS) is 21.7. The minimum absolute atomic E-state index is 0.103. The van der Waals surface area contributed by atoms with Gasteiger partial charge in [0.2, 0.25) is 5.89 Å². The Balaban J connectivity index is 1.51. The number of anilines is 1. The maximum absolute atomic E-state index is 5.44. The van der Waals surface area contributed by atoms with E-state index in [0.717, 1.165) is 31.9 Å². The zero-order chi connectivity index (χ0) is 16.0. The first-order valence-corrected chi connectivity index (χ1v) is 8.66. The zero-order valence-corrected chi connectivity index (χ0v) is 14.2. The quantitative estimate of drug-likeness (QED) is 0.853. The molecule has 2 aromatic heterocycles. The topological polar surface area (TPSA) is 60.0 Å². The predicted octanol–water partition coefficient (Wildman–Crippen LogP) is 2.89. The molecule has 4 rings (SSSR count). The van der Waals surface area contributed by atoms with E-state index in [1.165, 1.54) is 30.7 Å². The summed E-state index contributed by atoms with van der Waals surface area (Å²) in [4.78, 5) is 11.5. The number of hydrogen-bond acceptors (Lipinski definition) is 5. The largest absolute Gasteiger partial charge is 0.337 e. The lowest BCUT2D eigenvalue weighted by atomic mass is 9.97. The Hall–Kier alpha value is -1.85. The molecular weight excluding hydrogens is 290 g/mol. The van der Waals surface area contributed by atoms with E-state index in [-0.39, 0.29) is 5.41 Å². The molecule has 3 heterocycles. The van der Waals surface area contributed by atoms with Crippen molar-refractivity contribution in [3.63, 3.8) is 0 Å². The van der Waals surface area contributed by atoms with Crippen LogP contribution in [0, 0.1) is 0 Å². The molecule has 23 heavy (non-hydrogen) atoms. The van der Waals surface area contributed by atoms with Crippen LogP contribution in [0.4, 0.5) is 5.95 Å². The van der Waals surface area contributed by atoms with Gasteiger partial charge in [-0.3, -0.25) is 0 Å². The molecule has 1 aliphatic heterocycles. The van der Waals surface area contributed by atoms with Crippen molar-refractivity contribution in [1.82, 2.24) is 19.7 Å². The smallest absolute Gasteiger partial charge is 0.266 e. The lowest BCUT2D eigenvalue weighted by Gasteiger charge is -2.19. The minimum atomic E-state index is -0.103. The van der Waals surface area contributed by atoms with E-state index in [1.807, 2.05) is 6.33 Å². The van der Waals surface area contributed by atoms with Gasteiger partial charge in [-0.25, -0.2) is 4.98 Å². The van der Waals surface area contributed by atoms with Crippen LogP contribution in [0.15, 0.2) is 10.9 Å². The Morgan fingerprint density at radius 1 is 1.22 bits per heavy atom. The first kappa shape index (κ1) is 14.7. The van der Waals surface area contributed by atoms with Crippen molar-refractivity contribution in [1.29, 1.82) is 0 Å². The van der Waals surface area contributed by atoms with Gasteiger partial charge >= 0.3 is 0 Å². The van der Waals surface area contributed by atoms with E-state index < -0.39 is 0 Å². The number of imidazole rings is 1. The van der Waals surface area contributed by atoms with Crippen LogP contribution in [0.2, 0.25) is 0 Å². The summed E-state index contributed by atoms with van der Waals surface area (Å²) in [7, 11) is 0. The highest BCUT2D eigenvalue weighted by Crippen LogP contribution is 2.30. The summed E-state index contributed by atoms with van der Waals surface area (Å²) < 4.78 is 7.84. The first-order valence-electron chi connectivity index (χ1n) is 8.66. The van der Waals surface area contributed by atoms with Gasteiger partial charge in [-0.1, -0.05) is 20.8 Å². The maximum atomic E-state index is 5.44. The molecule has 0 aromatic carbocycles. The van der Waals surface area contributed by atoms with Gasteiger partial charge in [0.25, 0.3) is 5.95 Å². The van der Waals surface area contributed by atoms with Crippen LogP contribution in [-0.2, 0) is 18.3 Å². The lowest BCUT2D eigenvalue weighted by Crippen LogP contribution is -2.23. The molecule has 6 heteroatoms. The first-order chi connectivity index (χ1) is 11.0. The molecule has 0 spiro atoms. The van der Waals surface area contributed by atoms with Crippen molar-refractivity contribution >= 4 is 5.95 Å². The van der Waals surface area contributed by atoms with Gasteiger partial charge in [-0.2, -0.15) is 4.98 Å². The van der Waals surface area contributed by atoms with E-state index in [0.29, 0.717) is 11.9 Å². The van der Waals surface area contributed by atoms with Crippen molar-refractivity contribution in [2.45, 2.75) is 64.3 Å². The fourth-order valence-electron chi connectivity index (χ4n) is 3.61. The lowest BCUT2D eigenvalue weighted by molar-refractivity contribution is 0.320. The van der Waals surface area contributed by atoms with Gasteiger partial charge in [0.05, 0.1) is 18.1 Å². The molecule has 0 amide bonds. The number of hydrogen-bond donors (Lipinski definition) is 0. The Bertz CT molecular complexity index is 696. The summed E-state index contributed by atoms with van der Waals surface area (Å²) in [5, 5.41) is 4.18. The molecule has 2 aromatic rings. The fraction of sp³-hybridized carbons (Fsp3) is 0.706. The number of rotatable bonds is 2. The molecule has 124 valence electrons. The van der Waals surface area contributed by atoms with Gasteiger partial charge in [-0.15, -0.1) is 0 Å². The minimum Gasteiger partial charge on any atom is -0.337 e. The number of fused-ring (bicyclic) bond motifs is 1. The predicted molar refractivity (Wildman–Crippen MR) is 87.7 cm³/mol. The summed E-state index contributed by atoms with van der Waals surface area (Å²) in [6, 6.07) is 0.473. The van der Waals surface area contributed by atoms with E-state index in [9.17, 15) is 0 Å². The molecule has 1 saturated heterocycles. The summed E-state index contributed by atoms with van der Waals surface area (Å²) >= 11 is 0. The fourth-order valence-corrected chi connectivity index (χ4v) is 3.61. The molecule has 1 unspecified atom stereocenters. The molecule has 0 radical (unpaired) electrons. The Kier molecular flexibility index (Phi) is 3.43. The van der Waals surface area contributed by atoms with Gasteiger partial charge in [-0.05, 0) is 37.3 Å². The summed E-state index contributed by atoms with van der Waals surface area (Å²) in [5.74, 6) is 1.43. The highest BCUT2D eigenvalue weighted by molar-refractivity contribution is 5.31. The SMILES string of the molecule is CC(C)(C)c1nc(N2CCC(n3cnc4c3CCCC4)C2)no1. The van der Waals surface area contributed by atoms with Crippen LogP contribution >= 0.6 is 0 Å². The third-order valence-electron chi connectivity index (χ3n) is 4.96. The third kappa shape index (κ3) is 2.64. The second-order valence-electron chi connectivity index (χ2n) is 7.79. The van der Waals surface area contributed by atoms with Crippen molar-refractivity contribution in [2.75, 3.05) is 18.0 Å². The number of aromatic nitrogens is 4. The number of nitrogens with zero attached hydrogens (tertiary/aromatic N) is 5. The molecule has 0 N–H and O–H groups in total. The van der Waals surface area contributed by atoms with E-state index in [1.54, 1.807) is 0 Å². The molecular formula is C17H25N5O. The van der Waals surface area contributed by atoms with Gasteiger partial charge in [0.15, 0.2) is 0 Å². The average Bonchev–Trinajstić information content (AvgIpc) is 3.24. The van der Waals surface area contributed by atoms with E-state index in [2.05, 4.69) is 45.4 Å². The van der Waals surface area contributed by atoms with Crippen LogP contribution in [0.3, 0.4) is 0 Å². The Labute approximate surface area is 136 Å².